The second kappa shape index (κ2) is 4.39. The SMILES string of the molecule is CC(Cl)C(C)c1cccc(C(F)(F)F)n1. The van der Waals surface area contributed by atoms with Crippen LogP contribution in [0.1, 0.15) is 31.2 Å². The van der Waals surface area contributed by atoms with Crippen LogP contribution in [0.25, 0.3) is 0 Å². The van der Waals surface area contributed by atoms with Crippen molar-refractivity contribution in [2.45, 2.75) is 31.3 Å². The molecule has 1 rings (SSSR count). The number of aromatic nitrogens is 1. The smallest absolute Gasteiger partial charge is 0.248 e. The van der Waals surface area contributed by atoms with Gasteiger partial charge >= 0.3 is 6.18 Å². The number of hydrogen-bond acceptors (Lipinski definition) is 1. The summed E-state index contributed by atoms with van der Waals surface area (Å²) >= 11 is 5.81. The van der Waals surface area contributed by atoms with E-state index in [2.05, 4.69) is 4.98 Å². The van der Waals surface area contributed by atoms with Crippen molar-refractivity contribution in [1.29, 1.82) is 0 Å². The van der Waals surface area contributed by atoms with Crippen LogP contribution in [0.2, 0.25) is 0 Å². The van der Waals surface area contributed by atoms with Gasteiger partial charge < -0.3 is 0 Å². The number of rotatable bonds is 2. The maximum absolute atomic E-state index is 12.3. The Labute approximate surface area is 91.3 Å². The van der Waals surface area contributed by atoms with E-state index < -0.39 is 11.9 Å². The van der Waals surface area contributed by atoms with Crippen molar-refractivity contribution in [2.75, 3.05) is 0 Å². The number of alkyl halides is 4. The minimum Gasteiger partial charge on any atom is -0.248 e. The highest BCUT2D eigenvalue weighted by molar-refractivity contribution is 6.20. The maximum atomic E-state index is 12.3. The highest BCUT2D eigenvalue weighted by Gasteiger charge is 2.32. The fraction of sp³-hybridized carbons (Fsp3) is 0.500. The van der Waals surface area contributed by atoms with Gasteiger partial charge in [0.1, 0.15) is 5.69 Å². The third kappa shape index (κ3) is 3.09. The molecule has 0 bridgehead atoms. The molecular weight excluding hydrogens is 227 g/mol. The molecule has 84 valence electrons. The minimum absolute atomic E-state index is 0.200. The zero-order chi connectivity index (χ0) is 11.6. The molecule has 0 N–H and O–H groups in total. The summed E-state index contributed by atoms with van der Waals surface area (Å²) in [5, 5.41) is -0.249. The van der Waals surface area contributed by atoms with E-state index in [1.54, 1.807) is 19.9 Å². The molecule has 0 aromatic carbocycles. The summed E-state index contributed by atoms with van der Waals surface area (Å²) in [5.41, 5.74) is -0.503. The molecule has 0 aliphatic carbocycles. The summed E-state index contributed by atoms with van der Waals surface area (Å²) < 4.78 is 37.0. The first-order chi connectivity index (χ1) is 6.82. The first-order valence-corrected chi connectivity index (χ1v) is 4.94. The van der Waals surface area contributed by atoms with Crippen LogP contribution in [0, 0.1) is 0 Å². The normalized spacial score (nSPS) is 16.1. The third-order valence-corrected chi connectivity index (χ3v) is 2.59. The van der Waals surface area contributed by atoms with Gasteiger partial charge in [-0.2, -0.15) is 13.2 Å². The number of pyridine rings is 1. The van der Waals surface area contributed by atoms with Crippen LogP contribution in [-0.2, 0) is 6.18 Å². The molecule has 0 saturated heterocycles. The molecule has 0 radical (unpaired) electrons. The first-order valence-electron chi connectivity index (χ1n) is 4.50. The van der Waals surface area contributed by atoms with Crippen molar-refractivity contribution in [1.82, 2.24) is 4.98 Å². The molecule has 0 aliphatic heterocycles. The maximum Gasteiger partial charge on any atom is 0.433 e. The molecule has 0 aliphatic rings. The molecule has 0 saturated carbocycles. The van der Waals surface area contributed by atoms with Gasteiger partial charge in [0.2, 0.25) is 0 Å². The van der Waals surface area contributed by atoms with Gasteiger partial charge in [0.25, 0.3) is 0 Å². The molecule has 0 fully saturated rings. The Kier molecular flexibility index (Phi) is 3.60. The minimum atomic E-state index is -4.40. The lowest BCUT2D eigenvalue weighted by molar-refractivity contribution is -0.141. The number of nitrogens with zero attached hydrogens (tertiary/aromatic N) is 1. The monoisotopic (exact) mass is 237 g/mol. The Balaban J connectivity index is 3.03. The predicted octanol–water partition coefficient (Wildman–Crippen LogP) is 3.83. The van der Waals surface area contributed by atoms with Crippen LogP contribution in [0.3, 0.4) is 0 Å². The molecular formula is C10H11ClF3N. The van der Waals surface area contributed by atoms with E-state index in [-0.39, 0.29) is 11.3 Å². The Hall–Kier alpha value is -0.770. The van der Waals surface area contributed by atoms with Crippen LogP contribution in [0.15, 0.2) is 18.2 Å². The summed E-state index contributed by atoms with van der Waals surface area (Å²) in [5.74, 6) is -0.200. The Morgan fingerprint density at radius 3 is 2.33 bits per heavy atom. The predicted molar refractivity (Wildman–Crippen MR) is 53.0 cm³/mol. The molecule has 0 spiro atoms. The van der Waals surface area contributed by atoms with Crippen LogP contribution >= 0.6 is 11.6 Å². The van der Waals surface area contributed by atoms with E-state index in [4.69, 9.17) is 11.6 Å². The quantitative estimate of drug-likeness (QED) is 0.713. The van der Waals surface area contributed by atoms with E-state index in [9.17, 15) is 13.2 Å². The Morgan fingerprint density at radius 1 is 1.27 bits per heavy atom. The van der Waals surface area contributed by atoms with Crippen molar-refractivity contribution in [3.63, 3.8) is 0 Å². The van der Waals surface area contributed by atoms with Crippen molar-refractivity contribution < 1.29 is 13.2 Å². The molecule has 5 heteroatoms. The summed E-state index contributed by atoms with van der Waals surface area (Å²) in [6, 6.07) is 3.86. The topological polar surface area (TPSA) is 12.9 Å². The summed E-state index contributed by atoms with van der Waals surface area (Å²) in [6.45, 7) is 3.48. The van der Waals surface area contributed by atoms with Gasteiger partial charge in [-0.3, -0.25) is 0 Å². The van der Waals surface area contributed by atoms with Gasteiger partial charge in [-0.1, -0.05) is 13.0 Å². The standard InChI is InChI=1S/C10H11ClF3N/c1-6(7(2)11)8-4-3-5-9(15-8)10(12,13)14/h3-7H,1-2H3. The van der Waals surface area contributed by atoms with Crippen molar-refractivity contribution >= 4 is 11.6 Å². The lowest BCUT2D eigenvalue weighted by Crippen LogP contribution is -2.13. The Bertz CT molecular complexity index is 336. The molecule has 1 heterocycles. The van der Waals surface area contributed by atoms with Gasteiger partial charge in [-0.05, 0) is 19.1 Å². The summed E-state index contributed by atoms with van der Waals surface area (Å²) in [6.07, 6.45) is -4.40. The fourth-order valence-corrected chi connectivity index (χ4v) is 1.23. The first kappa shape index (κ1) is 12.3. The Morgan fingerprint density at radius 2 is 1.87 bits per heavy atom. The zero-order valence-corrected chi connectivity index (χ0v) is 9.10. The van der Waals surface area contributed by atoms with Crippen LogP contribution in [0.4, 0.5) is 13.2 Å². The van der Waals surface area contributed by atoms with E-state index in [1.165, 1.54) is 6.07 Å². The molecule has 0 amide bonds. The van der Waals surface area contributed by atoms with E-state index >= 15 is 0 Å². The summed E-state index contributed by atoms with van der Waals surface area (Å²) in [7, 11) is 0. The fourth-order valence-electron chi connectivity index (χ4n) is 1.10. The van der Waals surface area contributed by atoms with Crippen molar-refractivity contribution in [3.8, 4) is 0 Å². The van der Waals surface area contributed by atoms with Gasteiger partial charge in [0.15, 0.2) is 0 Å². The van der Waals surface area contributed by atoms with E-state index in [0.29, 0.717) is 5.69 Å². The molecule has 2 atom stereocenters. The summed E-state index contributed by atoms with van der Waals surface area (Å²) in [4.78, 5) is 3.56. The average molecular weight is 238 g/mol. The van der Waals surface area contributed by atoms with Crippen molar-refractivity contribution in [2.24, 2.45) is 0 Å². The molecule has 1 nitrogen and oxygen atoms in total. The van der Waals surface area contributed by atoms with Gasteiger partial charge in [-0.25, -0.2) is 4.98 Å². The highest BCUT2D eigenvalue weighted by atomic mass is 35.5. The lowest BCUT2D eigenvalue weighted by Gasteiger charge is -2.14. The highest BCUT2D eigenvalue weighted by Crippen LogP contribution is 2.29. The largest absolute Gasteiger partial charge is 0.433 e. The van der Waals surface area contributed by atoms with Crippen LogP contribution < -0.4 is 0 Å². The molecule has 1 aromatic rings. The van der Waals surface area contributed by atoms with Gasteiger partial charge in [-0.15, -0.1) is 11.6 Å². The molecule has 1 aromatic heterocycles. The third-order valence-electron chi connectivity index (χ3n) is 2.22. The average Bonchev–Trinajstić information content (AvgIpc) is 2.15. The van der Waals surface area contributed by atoms with Gasteiger partial charge in [0.05, 0.1) is 0 Å². The number of hydrogen-bond donors (Lipinski definition) is 0. The van der Waals surface area contributed by atoms with Crippen LogP contribution in [0.5, 0.6) is 0 Å². The zero-order valence-electron chi connectivity index (χ0n) is 8.35. The molecule has 2 unspecified atom stereocenters. The second-order valence-electron chi connectivity index (χ2n) is 3.41. The van der Waals surface area contributed by atoms with Gasteiger partial charge in [0, 0.05) is 17.0 Å². The van der Waals surface area contributed by atoms with E-state index in [0.717, 1.165) is 6.07 Å². The lowest BCUT2D eigenvalue weighted by atomic mass is 10.0. The van der Waals surface area contributed by atoms with Crippen LogP contribution in [-0.4, -0.2) is 10.4 Å². The second-order valence-corrected chi connectivity index (χ2v) is 4.10. The van der Waals surface area contributed by atoms with E-state index in [1.807, 2.05) is 0 Å². The van der Waals surface area contributed by atoms with Crippen molar-refractivity contribution in [3.05, 3.63) is 29.6 Å². The molecule has 15 heavy (non-hydrogen) atoms. The number of halogens is 4.